The molecule has 0 unspecified atom stereocenters. The summed E-state index contributed by atoms with van der Waals surface area (Å²) in [6.45, 7) is 8.61. The molecule has 10 nitrogen and oxygen atoms in total. The van der Waals surface area contributed by atoms with Crippen molar-refractivity contribution in [2.75, 3.05) is 51.3 Å². The van der Waals surface area contributed by atoms with Gasteiger partial charge in [-0.3, -0.25) is 4.79 Å². The third-order valence-corrected chi connectivity index (χ3v) is 9.51. The number of anilines is 1. The van der Waals surface area contributed by atoms with Crippen molar-refractivity contribution in [2.45, 2.75) is 31.3 Å². The molecular weight excluding hydrogens is 705 g/mol. The molecule has 2 aromatic carbocycles. The van der Waals surface area contributed by atoms with E-state index in [-0.39, 0.29) is 77.7 Å². The number of benzene rings is 2. The normalized spacial score (nSPS) is 18.8. The number of hydrogen-bond donors (Lipinski definition) is 0. The first kappa shape index (κ1) is 35.2. The van der Waals surface area contributed by atoms with E-state index in [1.165, 1.54) is 29.3 Å². The van der Waals surface area contributed by atoms with E-state index < -0.39 is 35.7 Å². The number of aromatic nitrogens is 3. The van der Waals surface area contributed by atoms with Gasteiger partial charge >= 0.3 is 12.4 Å². The zero-order chi connectivity index (χ0) is 35.6. The molecule has 2 aliphatic rings. The number of amides is 1. The molecule has 0 saturated carbocycles. The lowest BCUT2D eigenvalue weighted by molar-refractivity contribution is -0.274. The zero-order valence-corrected chi connectivity index (χ0v) is 28.0. The van der Waals surface area contributed by atoms with Gasteiger partial charge in [-0.05, 0) is 50.7 Å². The molecule has 0 N–H and O–H groups in total. The summed E-state index contributed by atoms with van der Waals surface area (Å²) >= 11 is 7.27. The summed E-state index contributed by atoms with van der Waals surface area (Å²) in [5, 5.41) is 2.22. The average Bonchev–Trinajstić information content (AvgIpc) is 3.75. The van der Waals surface area contributed by atoms with Gasteiger partial charge in [-0.25, -0.2) is 20.3 Å². The summed E-state index contributed by atoms with van der Waals surface area (Å²) in [5.74, 6) is -3.32. The van der Waals surface area contributed by atoms with Gasteiger partial charge in [0.25, 0.3) is 5.91 Å². The molecule has 4 aromatic rings. The number of carbonyl (C=O) groups excluding carboxylic acids is 1. The number of piperazine rings is 1. The highest BCUT2D eigenvalue weighted by atomic mass is 35.5. The Bertz CT molecular complexity index is 1960. The van der Waals surface area contributed by atoms with Gasteiger partial charge in [0.1, 0.15) is 34.7 Å². The minimum atomic E-state index is -5.05. The molecule has 0 aliphatic carbocycles. The fourth-order valence-electron chi connectivity index (χ4n) is 6.12. The topological polar surface area (TPSA) is 88.3 Å². The maximum atomic E-state index is 16.5. The molecule has 2 saturated heterocycles. The van der Waals surface area contributed by atoms with E-state index in [0.717, 1.165) is 48.9 Å². The Hall–Kier alpha value is -4.59. The highest BCUT2D eigenvalue weighted by Crippen LogP contribution is 2.40. The van der Waals surface area contributed by atoms with Crippen LogP contribution in [-0.4, -0.2) is 95.5 Å². The Morgan fingerprint density at radius 1 is 1.16 bits per heavy atom. The number of carbonyl (C=O) groups is 1. The van der Waals surface area contributed by atoms with Gasteiger partial charge in [0, 0.05) is 64.9 Å². The number of likely N-dealkylation sites (tertiary alicyclic amines) is 1. The molecule has 2 aliphatic heterocycles. The van der Waals surface area contributed by atoms with Crippen LogP contribution in [0.4, 0.5) is 27.8 Å². The monoisotopic (exact) mass is 733 g/mol. The fourth-order valence-corrected chi connectivity index (χ4v) is 6.84. The second-order valence-electron chi connectivity index (χ2n) is 11.7. The smallest absolute Gasteiger partial charge is 0.462 e. The summed E-state index contributed by atoms with van der Waals surface area (Å²) in [5.41, 5.74) is -0.742. The van der Waals surface area contributed by atoms with E-state index in [4.69, 9.17) is 22.9 Å². The summed E-state index contributed by atoms with van der Waals surface area (Å²) in [6.07, 6.45) is -0.679. The number of alkyl halides is 3. The highest BCUT2D eigenvalue weighted by Gasteiger charge is 2.36. The predicted molar refractivity (Wildman–Crippen MR) is 178 cm³/mol. The van der Waals surface area contributed by atoms with Crippen LogP contribution in [-0.2, 0) is 4.79 Å². The Morgan fingerprint density at radius 3 is 2.68 bits per heavy atom. The van der Waals surface area contributed by atoms with Gasteiger partial charge in [0.05, 0.1) is 0 Å². The van der Waals surface area contributed by atoms with Gasteiger partial charge in [0.15, 0.2) is 11.6 Å². The second kappa shape index (κ2) is 14.7. The van der Waals surface area contributed by atoms with E-state index in [1.54, 1.807) is 10.3 Å². The van der Waals surface area contributed by atoms with Crippen LogP contribution >= 0.6 is 22.9 Å². The van der Waals surface area contributed by atoms with Crippen LogP contribution in [0.25, 0.3) is 33.0 Å². The largest absolute Gasteiger partial charge is 0.573 e. The van der Waals surface area contributed by atoms with Crippen LogP contribution in [0, 0.1) is 12.4 Å². The minimum absolute atomic E-state index is 0.00786. The Balaban J connectivity index is 1.39. The molecule has 2 fully saturated rings. The maximum absolute atomic E-state index is 16.5. The number of halogens is 6. The molecular formula is C33H29ClF5N7O3S. The van der Waals surface area contributed by atoms with Crippen LogP contribution in [0.2, 0.25) is 5.02 Å². The fraction of sp³-hybridized carbons (Fsp3) is 0.364. The van der Waals surface area contributed by atoms with Gasteiger partial charge in [0.2, 0.25) is 6.54 Å². The molecule has 0 spiro atoms. The Kier molecular flexibility index (Phi) is 10.4. The first-order chi connectivity index (χ1) is 23.9. The minimum Gasteiger partial charge on any atom is -0.462 e. The lowest BCUT2D eigenvalue weighted by Crippen LogP contribution is -2.56. The van der Waals surface area contributed by atoms with Crippen molar-refractivity contribution >= 4 is 51.6 Å². The molecule has 2 atom stereocenters. The lowest BCUT2D eigenvalue weighted by Gasteiger charge is -2.39. The van der Waals surface area contributed by atoms with Gasteiger partial charge in [-0.2, -0.15) is 9.97 Å². The van der Waals surface area contributed by atoms with Crippen molar-refractivity contribution in [3.05, 3.63) is 75.0 Å². The Morgan fingerprint density at radius 2 is 1.98 bits per heavy atom. The summed E-state index contributed by atoms with van der Waals surface area (Å²) in [6, 6.07) is 5.24. The van der Waals surface area contributed by atoms with E-state index in [0.29, 0.717) is 5.01 Å². The number of nitrogens with zero attached hydrogens (tertiary/aromatic N) is 7. The average molecular weight is 734 g/mol. The van der Waals surface area contributed by atoms with E-state index in [1.807, 2.05) is 7.05 Å². The van der Waals surface area contributed by atoms with Gasteiger partial charge < -0.3 is 29.0 Å². The number of likely N-dealkylation sites (N-methyl/N-ethyl adjacent to an activating group) is 1. The third-order valence-electron chi connectivity index (χ3n) is 8.55. The molecule has 1 amide bonds. The summed E-state index contributed by atoms with van der Waals surface area (Å²) in [4.78, 5) is 34.7. The van der Waals surface area contributed by atoms with Crippen LogP contribution in [0.15, 0.2) is 47.7 Å². The molecule has 6 rings (SSSR count). The van der Waals surface area contributed by atoms with Gasteiger partial charge in [-0.15, -0.1) is 24.5 Å². The standard InChI is InChI=1S/C33H29ClF5N7O3S/c1-40-16-21-17-45(11-12-46(21)31(47)25(35)15-27-41-9-13-50-27)30-23-7-6-22(24-14-19(34)5-8-26(24)49-33(37,38)39)28(36)29(23)42-32(43-30)48-18-20-4-3-10-44(20)2/h5-9,13-15,20-21H,3-4,10-12,16-18H2,2H3/b25-15-/t20-,21-/m0/s1. The van der Waals surface area contributed by atoms with Crippen molar-refractivity contribution in [3.63, 3.8) is 0 Å². The van der Waals surface area contributed by atoms with Crippen LogP contribution in [0.5, 0.6) is 11.8 Å². The highest BCUT2D eigenvalue weighted by molar-refractivity contribution is 7.10. The number of ether oxygens (including phenoxy) is 2. The zero-order valence-electron chi connectivity index (χ0n) is 26.5. The van der Waals surface area contributed by atoms with Crippen molar-refractivity contribution in [1.82, 2.24) is 24.8 Å². The van der Waals surface area contributed by atoms with E-state index in [2.05, 4.69) is 29.4 Å². The molecule has 4 heterocycles. The molecule has 0 bridgehead atoms. The summed E-state index contributed by atoms with van der Waals surface area (Å²) in [7, 11) is 1.96. The molecule has 262 valence electrons. The molecule has 0 radical (unpaired) electrons. The second-order valence-corrected chi connectivity index (χ2v) is 13.1. The first-order valence-electron chi connectivity index (χ1n) is 15.5. The quantitative estimate of drug-likeness (QED) is 0.105. The predicted octanol–water partition coefficient (Wildman–Crippen LogP) is 6.86. The number of hydrogen-bond acceptors (Lipinski definition) is 9. The first-order valence-corrected chi connectivity index (χ1v) is 16.7. The maximum Gasteiger partial charge on any atom is 0.573 e. The Labute approximate surface area is 292 Å². The van der Waals surface area contributed by atoms with Gasteiger partial charge in [-0.1, -0.05) is 17.7 Å². The number of fused-ring (bicyclic) bond motifs is 1. The van der Waals surface area contributed by atoms with Crippen LogP contribution in [0.1, 0.15) is 17.8 Å². The van der Waals surface area contributed by atoms with Crippen LogP contribution in [0.3, 0.4) is 0 Å². The van der Waals surface area contributed by atoms with E-state index in [9.17, 15) is 18.0 Å². The van der Waals surface area contributed by atoms with E-state index >= 15 is 8.78 Å². The molecule has 17 heteroatoms. The summed E-state index contributed by atoms with van der Waals surface area (Å²) < 4.78 is 81.6. The SMILES string of the molecule is [C-]#[N+]C[C@H]1CN(c2nc(OC[C@@H]3CCCN3C)nc3c(F)c(-c4cc(Cl)ccc4OC(F)(F)F)ccc23)CCN1C(=O)/C(F)=C/c1nccs1. The number of thiazole rings is 1. The molecule has 2 aromatic heterocycles. The lowest BCUT2D eigenvalue weighted by atomic mass is 10.0. The third kappa shape index (κ3) is 7.74. The van der Waals surface area contributed by atoms with Crippen molar-refractivity contribution in [1.29, 1.82) is 0 Å². The van der Waals surface area contributed by atoms with Crippen molar-refractivity contribution in [2.24, 2.45) is 0 Å². The van der Waals surface area contributed by atoms with Crippen LogP contribution < -0.4 is 14.4 Å². The number of rotatable bonds is 9. The van der Waals surface area contributed by atoms with Crippen molar-refractivity contribution in [3.8, 4) is 22.9 Å². The van der Waals surface area contributed by atoms with Crippen molar-refractivity contribution < 1.29 is 36.2 Å². The molecule has 50 heavy (non-hydrogen) atoms.